The van der Waals surface area contributed by atoms with E-state index in [0.29, 0.717) is 0 Å². The maximum Gasteiger partial charge on any atom is 0.134 e. The number of hydrogen-bond donors (Lipinski definition) is 1. The lowest BCUT2D eigenvalue weighted by Gasteiger charge is -2.04. The Labute approximate surface area is 87.8 Å². The molecular weight excluding hydrogens is 292 g/mol. The van der Waals surface area contributed by atoms with Gasteiger partial charge in [0, 0.05) is 9.37 Å². The quantitative estimate of drug-likeness (QED) is 0.781. The van der Waals surface area contributed by atoms with E-state index in [0.717, 1.165) is 19.6 Å². The maximum atomic E-state index is 5.07. The summed E-state index contributed by atoms with van der Waals surface area (Å²) in [6.45, 7) is 0. The van der Waals surface area contributed by atoms with E-state index >= 15 is 0 Å². The molecule has 4 heteroatoms. The van der Waals surface area contributed by atoms with Crippen molar-refractivity contribution in [1.29, 1.82) is 0 Å². The van der Waals surface area contributed by atoms with E-state index < -0.39 is 0 Å². The fourth-order valence-corrected chi connectivity index (χ4v) is 1.87. The molecule has 0 unspecified atom stereocenters. The first-order valence-electron chi connectivity index (χ1n) is 2.87. The van der Waals surface area contributed by atoms with E-state index in [1.807, 2.05) is 12.1 Å². The number of ether oxygens (including phenoxy) is 1. The van der Waals surface area contributed by atoms with Crippen molar-refractivity contribution in [1.82, 2.24) is 0 Å². The lowest BCUT2D eigenvalue weighted by Crippen LogP contribution is -1.84. The highest BCUT2D eigenvalue weighted by molar-refractivity contribution is 9.11. The second kappa shape index (κ2) is 3.83. The lowest BCUT2D eigenvalue weighted by molar-refractivity contribution is 0.411. The monoisotopic (exact) mass is 296 g/mol. The van der Waals surface area contributed by atoms with Crippen molar-refractivity contribution in [2.24, 2.45) is 0 Å². The summed E-state index contributed by atoms with van der Waals surface area (Å²) in [5.41, 5.74) is 0. The summed E-state index contributed by atoms with van der Waals surface area (Å²) in [6, 6.07) is 3.75. The van der Waals surface area contributed by atoms with Crippen LogP contribution in [0.15, 0.2) is 26.0 Å². The molecule has 0 amide bonds. The number of thiol groups is 1. The molecule has 0 aliphatic heterocycles. The average molecular weight is 298 g/mol. The zero-order chi connectivity index (χ0) is 8.43. The van der Waals surface area contributed by atoms with Crippen LogP contribution in [0.5, 0.6) is 5.75 Å². The Balaban J connectivity index is 3.21. The van der Waals surface area contributed by atoms with Crippen LogP contribution in [0, 0.1) is 0 Å². The standard InChI is InChI=1S/C7H6Br2OS/c1-10-6-2-5(9)7(11)3-4(6)8/h2-3,11H,1H3. The van der Waals surface area contributed by atoms with Crippen LogP contribution in [0.25, 0.3) is 0 Å². The first-order chi connectivity index (χ1) is 5.15. The van der Waals surface area contributed by atoms with Crippen molar-refractivity contribution < 1.29 is 4.74 Å². The maximum absolute atomic E-state index is 5.07. The highest BCUT2D eigenvalue weighted by Crippen LogP contribution is 2.32. The fraction of sp³-hybridized carbons (Fsp3) is 0.143. The minimum atomic E-state index is 0.801. The highest BCUT2D eigenvalue weighted by atomic mass is 79.9. The Hall–Kier alpha value is 0.330. The molecule has 1 aromatic carbocycles. The van der Waals surface area contributed by atoms with Crippen molar-refractivity contribution in [3.8, 4) is 5.75 Å². The van der Waals surface area contributed by atoms with Crippen molar-refractivity contribution in [2.75, 3.05) is 7.11 Å². The van der Waals surface area contributed by atoms with Gasteiger partial charge in [0.2, 0.25) is 0 Å². The summed E-state index contributed by atoms with van der Waals surface area (Å²) < 4.78 is 6.91. The first kappa shape index (κ1) is 9.42. The molecule has 1 nitrogen and oxygen atoms in total. The van der Waals surface area contributed by atoms with Gasteiger partial charge < -0.3 is 4.74 Å². The minimum absolute atomic E-state index is 0.801. The predicted octanol–water partition coefficient (Wildman–Crippen LogP) is 3.51. The number of benzene rings is 1. The van der Waals surface area contributed by atoms with Crippen molar-refractivity contribution in [2.45, 2.75) is 4.90 Å². The van der Waals surface area contributed by atoms with Crippen molar-refractivity contribution >= 4 is 44.5 Å². The van der Waals surface area contributed by atoms with Crippen LogP contribution in [0.2, 0.25) is 0 Å². The molecule has 11 heavy (non-hydrogen) atoms. The smallest absolute Gasteiger partial charge is 0.134 e. The molecule has 1 aromatic rings. The van der Waals surface area contributed by atoms with Crippen molar-refractivity contribution in [3.05, 3.63) is 21.1 Å². The van der Waals surface area contributed by atoms with Gasteiger partial charge in [-0.3, -0.25) is 0 Å². The molecule has 0 saturated heterocycles. The van der Waals surface area contributed by atoms with Crippen LogP contribution in [0.1, 0.15) is 0 Å². The highest BCUT2D eigenvalue weighted by Gasteiger charge is 2.03. The summed E-state index contributed by atoms with van der Waals surface area (Å²) in [6.07, 6.45) is 0. The normalized spacial score (nSPS) is 9.82. The Morgan fingerprint density at radius 3 is 2.45 bits per heavy atom. The zero-order valence-electron chi connectivity index (χ0n) is 5.77. The van der Waals surface area contributed by atoms with Crippen LogP contribution < -0.4 is 4.74 Å². The van der Waals surface area contributed by atoms with Gasteiger partial charge >= 0.3 is 0 Å². The van der Waals surface area contributed by atoms with Crippen LogP contribution in [-0.2, 0) is 0 Å². The van der Waals surface area contributed by atoms with Gasteiger partial charge in [-0.1, -0.05) is 0 Å². The van der Waals surface area contributed by atoms with E-state index in [1.165, 1.54) is 0 Å². The summed E-state index contributed by atoms with van der Waals surface area (Å²) in [4.78, 5) is 0.887. The van der Waals surface area contributed by atoms with Crippen LogP contribution in [-0.4, -0.2) is 7.11 Å². The SMILES string of the molecule is COc1cc(Br)c(S)cc1Br. The van der Waals surface area contributed by atoms with E-state index in [-0.39, 0.29) is 0 Å². The number of methoxy groups -OCH3 is 1. The molecule has 0 atom stereocenters. The van der Waals surface area contributed by atoms with E-state index in [4.69, 9.17) is 4.74 Å². The lowest BCUT2D eigenvalue weighted by atomic mass is 10.3. The molecular formula is C7H6Br2OS. The molecule has 0 N–H and O–H groups in total. The Morgan fingerprint density at radius 2 is 1.91 bits per heavy atom. The zero-order valence-corrected chi connectivity index (χ0v) is 9.83. The first-order valence-corrected chi connectivity index (χ1v) is 4.90. The van der Waals surface area contributed by atoms with Crippen LogP contribution >= 0.6 is 44.5 Å². The molecule has 60 valence electrons. The van der Waals surface area contributed by atoms with E-state index in [1.54, 1.807) is 7.11 Å². The van der Waals surface area contributed by atoms with Crippen LogP contribution in [0.4, 0.5) is 0 Å². The second-order valence-electron chi connectivity index (χ2n) is 1.94. The van der Waals surface area contributed by atoms with E-state index in [2.05, 4.69) is 44.5 Å². The Morgan fingerprint density at radius 1 is 1.27 bits per heavy atom. The summed E-state index contributed by atoms with van der Waals surface area (Å²) in [5.74, 6) is 0.801. The third-order valence-electron chi connectivity index (χ3n) is 1.22. The molecule has 0 saturated carbocycles. The van der Waals surface area contributed by atoms with Gasteiger partial charge in [0.25, 0.3) is 0 Å². The molecule has 0 spiro atoms. The third kappa shape index (κ3) is 2.13. The Bertz CT molecular complexity index is 275. The van der Waals surface area contributed by atoms with Gasteiger partial charge in [0.15, 0.2) is 0 Å². The largest absolute Gasteiger partial charge is 0.496 e. The molecule has 0 heterocycles. The predicted molar refractivity (Wildman–Crippen MR) is 55.6 cm³/mol. The van der Waals surface area contributed by atoms with E-state index in [9.17, 15) is 0 Å². The number of rotatable bonds is 1. The molecule has 0 aromatic heterocycles. The third-order valence-corrected chi connectivity index (χ3v) is 3.17. The summed E-state index contributed by atoms with van der Waals surface area (Å²) in [7, 11) is 1.63. The van der Waals surface area contributed by atoms with Gasteiger partial charge in [0.05, 0.1) is 11.6 Å². The van der Waals surface area contributed by atoms with Gasteiger partial charge in [-0.15, -0.1) is 12.6 Å². The second-order valence-corrected chi connectivity index (χ2v) is 4.13. The molecule has 0 aliphatic rings. The number of hydrogen-bond acceptors (Lipinski definition) is 2. The molecule has 0 fully saturated rings. The van der Waals surface area contributed by atoms with Crippen LogP contribution in [0.3, 0.4) is 0 Å². The molecule has 0 radical (unpaired) electrons. The summed E-state index contributed by atoms with van der Waals surface area (Å²) in [5, 5.41) is 0. The van der Waals surface area contributed by atoms with Gasteiger partial charge in [-0.05, 0) is 44.0 Å². The molecule has 1 rings (SSSR count). The van der Waals surface area contributed by atoms with Crippen molar-refractivity contribution in [3.63, 3.8) is 0 Å². The van der Waals surface area contributed by atoms with Gasteiger partial charge in [-0.25, -0.2) is 0 Å². The minimum Gasteiger partial charge on any atom is -0.496 e. The average Bonchev–Trinajstić information content (AvgIpc) is 1.97. The molecule has 0 aliphatic carbocycles. The fourth-order valence-electron chi connectivity index (χ4n) is 0.675. The number of halogens is 2. The van der Waals surface area contributed by atoms with Gasteiger partial charge in [-0.2, -0.15) is 0 Å². The molecule has 0 bridgehead atoms. The Kier molecular flexibility index (Phi) is 3.28. The van der Waals surface area contributed by atoms with Gasteiger partial charge in [0.1, 0.15) is 5.75 Å². The topological polar surface area (TPSA) is 9.23 Å². The summed E-state index contributed by atoms with van der Waals surface area (Å²) >= 11 is 10.9.